The minimum absolute atomic E-state index is 0.124. The van der Waals surface area contributed by atoms with E-state index in [9.17, 15) is 4.79 Å². The van der Waals surface area contributed by atoms with Crippen molar-refractivity contribution in [2.45, 2.75) is 45.6 Å². The van der Waals surface area contributed by atoms with Crippen LogP contribution in [-0.4, -0.2) is 24.7 Å². The third kappa shape index (κ3) is 3.70. The highest BCUT2D eigenvalue weighted by molar-refractivity contribution is 6.31. The lowest BCUT2D eigenvalue weighted by molar-refractivity contribution is 0.0929. The average Bonchev–Trinajstić information content (AvgIpc) is 3.10. The maximum absolute atomic E-state index is 12.4. The summed E-state index contributed by atoms with van der Waals surface area (Å²) in [7, 11) is 2.15. The molecule has 1 aromatic heterocycles. The third-order valence-corrected chi connectivity index (χ3v) is 6.33. The number of furan rings is 1. The molecule has 3 aromatic rings. The van der Waals surface area contributed by atoms with Crippen LogP contribution in [0, 0.1) is 6.92 Å². The Morgan fingerprint density at radius 2 is 2.07 bits per heavy atom. The molecule has 30 heavy (non-hydrogen) atoms. The number of carbonyl (C=O) groups is 1. The van der Waals surface area contributed by atoms with Crippen molar-refractivity contribution < 1.29 is 9.21 Å². The molecule has 2 aromatic carbocycles. The molecule has 6 heteroatoms. The Morgan fingerprint density at radius 1 is 1.30 bits per heavy atom. The summed E-state index contributed by atoms with van der Waals surface area (Å²) < 4.78 is 5.58. The summed E-state index contributed by atoms with van der Waals surface area (Å²) in [4.78, 5) is 14.8. The summed E-state index contributed by atoms with van der Waals surface area (Å²) in [5.74, 6) is 0.254. The van der Waals surface area contributed by atoms with Crippen molar-refractivity contribution in [2.75, 3.05) is 11.9 Å². The second kappa shape index (κ2) is 7.47. The smallest absolute Gasteiger partial charge is 0.307 e. The van der Waals surface area contributed by atoms with Gasteiger partial charge in [0.1, 0.15) is 5.58 Å². The van der Waals surface area contributed by atoms with Gasteiger partial charge in [-0.15, -0.1) is 0 Å². The number of benzene rings is 2. The van der Waals surface area contributed by atoms with Gasteiger partial charge in [0.2, 0.25) is 0 Å². The Kier molecular flexibility index (Phi) is 5.10. The zero-order chi connectivity index (χ0) is 21.6. The SMILES string of the molecule is Cc1cc2c(cc1/C=N\NC(=O)c1cc3cc(Cl)ccc3o1)[C@@H](C)CC(C)(C)N2C. The van der Waals surface area contributed by atoms with Crippen molar-refractivity contribution in [3.63, 3.8) is 0 Å². The molecule has 0 spiro atoms. The second-order valence-corrected chi connectivity index (χ2v) is 9.17. The van der Waals surface area contributed by atoms with Crippen molar-refractivity contribution >= 4 is 40.4 Å². The summed E-state index contributed by atoms with van der Waals surface area (Å²) in [6.45, 7) is 8.88. The van der Waals surface area contributed by atoms with Gasteiger partial charge in [0.05, 0.1) is 6.21 Å². The Morgan fingerprint density at radius 3 is 2.83 bits per heavy atom. The van der Waals surface area contributed by atoms with Gasteiger partial charge in [-0.25, -0.2) is 5.43 Å². The van der Waals surface area contributed by atoms with E-state index in [4.69, 9.17) is 16.0 Å². The fourth-order valence-electron chi connectivity index (χ4n) is 4.22. The quantitative estimate of drug-likeness (QED) is 0.422. The van der Waals surface area contributed by atoms with Gasteiger partial charge in [0.15, 0.2) is 5.76 Å². The van der Waals surface area contributed by atoms with E-state index in [0.29, 0.717) is 16.5 Å². The predicted octanol–water partition coefficient (Wildman–Crippen LogP) is 5.88. The van der Waals surface area contributed by atoms with E-state index in [-0.39, 0.29) is 11.3 Å². The van der Waals surface area contributed by atoms with Crippen molar-refractivity contribution in [1.82, 2.24) is 5.43 Å². The fraction of sp³-hybridized carbons (Fsp3) is 0.333. The molecule has 156 valence electrons. The third-order valence-electron chi connectivity index (χ3n) is 6.09. The first-order chi connectivity index (χ1) is 14.2. The van der Waals surface area contributed by atoms with E-state index in [1.54, 1.807) is 30.5 Å². The highest BCUT2D eigenvalue weighted by Crippen LogP contribution is 2.43. The maximum Gasteiger partial charge on any atom is 0.307 e. The monoisotopic (exact) mass is 423 g/mol. The van der Waals surface area contributed by atoms with E-state index in [1.807, 2.05) is 0 Å². The van der Waals surface area contributed by atoms with Crippen LogP contribution in [0.4, 0.5) is 5.69 Å². The van der Waals surface area contributed by atoms with Crippen molar-refractivity contribution in [2.24, 2.45) is 5.10 Å². The van der Waals surface area contributed by atoms with Crippen LogP contribution in [-0.2, 0) is 0 Å². The van der Waals surface area contributed by atoms with Gasteiger partial charge in [0, 0.05) is 28.7 Å². The standard InChI is InChI=1S/C24H26ClN3O2/c1-14-8-20-19(15(2)12-24(3,4)28(20)5)10-17(14)13-26-27-23(29)22-11-16-9-18(25)6-7-21(16)30-22/h6-11,13,15H,12H2,1-5H3,(H,27,29)/b26-13-/t15-/m0/s1. The Labute approximate surface area is 181 Å². The number of halogens is 1. The molecule has 1 N–H and O–H groups in total. The lowest BCUT2D eigenvalue weighted by Gasteiger charge is -2.45. The summed E-state index contributed by atoms with van der Waals surface area (Å²) in [5.41, 5.74) is 7.97. The van der Waals surface area contributed by atoms with Crippen LogP contribution in [0.5, 0.6) is 0 Å². The zero-order valence-electron chi connectivity index (χ0n) is 17.9. The molecule has 1 aliphatic rings. The van der Waals surface area contributed by atoms with Gasteiger partial charge < -0.3 is 9.32 Å². The van der Waals surface area contributed by atoms with Crippen LogP contribution >= 0.6 is 11.6 Å². The van der Waals surface area contributed by atoms with Crippen molar-refractivity contribution in [1.29, 1.82) is 0 Å². The molecule has 5 nitrogen and oxygen atoms in total. The number of nitrogens with zero attached hydrogens (tertiary/aromatic N) is 2. The number of amides is 1. The number of nitrogens with one attached hydrogen (secondary N) is 1. The van der Waals surface area contributed by atoms with E-state index in [2.05, 4.69) is 62.3 Å². The van der Waals surface area contributed by atoms with Gasteiger partial charge in [0.25, 0.3) is 0 Å². The molecule has 1 atom stereocenters. The lowest BCUT2D eigenvalue weighted by Crippen LogP contribution is -2.45. The van der Waals surface area contributed by atoms with Gasteiger partial charge in [-0.3, -0.25) is 4.79 Å². The molecule has 0 bridgehead atoms. The van der Waals surface area contributed by atoms with Crippen LogP contribution in [0.2, 0.25) is 5.02 Å². The Balaban J connectivity index is 1.54. The van der Waals surface area contributed by atoms with Crippen LogP contribution in [0.1, 0.15) is 60.4 Å². The van der Waals surface area contributed by atoms with E-state index in [0.717, 1.165) is 22.9 Å². The number of hydrazone groups is 1. The number of rotatable bonds is 3. The molecule has 0 radical (unpaired) electrons. The topological polar surface area (TPSA) is 57.8 Å². The summed E-state index contributed by atoms with van der Waals surface area (Å²) in [6.07, 6.45) is 2.78. The molecule has 1 amide bonds. The summed E-state index contributed by atoms with van der Waals surface area (Å²) >= 11 is 5.99. The summed E-state index contributed by atoms with van der Waals surface area (Å²) in [5, 5.41) is 5.54. The number of hydrogen-bond acceptors (Lipinski definition) is 4. The Bertz CT molecular complexity index is 1160. The molecular formula is C24H26ClN3O2. The van der Waals surface area contributed by atoms with Crippen molar-refractivity contribution in [3.05, 3.63) is 63.9 Å². The second-order valence-electron chi connectivity index (χ2n) is 8.74. The number of carbonyl (C=O) groups excluding carboxylic acids is 1. The van der Waals surface area contributed by atoms with E-state index >= 15 is 0 Å². The minimum atomic E-state index is -0.399. The molecule has 0 fully saturated rings. The Hall–Kier alpha value is -2.79. The first kappa shape index (κ1) is 20.5. The fourth-order valence-corrected chi connectivity index (χ4v) is 4.40. The molecule has 0 unspecified atom stereocenters. The number of anilines is 1. The number of aryl methyl sites for hydroxylation is 1. The number of fused-ring (bicyclic) bond motifs is 2. The maximum atomic E-state index is 12.4. The van der Waals surface area contributed by atoms with Gasteiger partial charge >= 0.3 is 5.91 Å². The average molecular weight is 424 g/mol. The van der Waals surface area contributed by atoms with Crippen molar-refractivity contribution in [3.8, 4) is 0 Å². The highest BCUT2D eigenvalue weighted by Gasteiger charge is 2.34. The number of hydrogen-bond donors (Lipinski definition) is 1. The molecule has 4 rings (SSSR count). The van der Waals surface area contributed by atoms with Crippen LogP contribution in [0.25, 0.3) is 11.0 Å². The molecule has 1 aliphatic heterocycles. The molecular weight excluding hydrogens is 398 g/mol. The van der Waals surface area contributed by atoms with E-state index in [1.165, 1.54) is 11.3 Å². The first-order valence-corrected chi connectivity index (χ1v) is 10.4. The van der Waals surface area contributed by atoms with Crippen LogP contribution in [0.3, 0.4) is 0 Å². The normalized spacial score (nSPS) is 18.1. The van der Waals surface area contributed by atoms with Gasteiger partial charge in [-0.05, 0) is 86.2 Å². The predicted molar refractivity (Wildman–Crippen MR) is 123 cm³/mol. The van der Waals surface area contributed by atoms with Gasteiger partial charge in [-0.2, -0.15) is 5.10 Å². The molecule has 0 saturated carbocycles. The van der Waals surface area contributed by atoms with Crippen LogP contribution < -0.4 is 10.3 Å². The first-order valence-electron chi connectivity index (χ1n) is 10.1. The zero-order valence-corrected chi connectivity index (χ0v) is 18.7. The van der Waals surface area contributed by atoms with E-state index < -0.39 is 5.91 Å². The minimum Gasteiger partial charge on any atom is -0.451 e. The highest BCUT2D eigenvalue weighted by atomic mass is 35.5. The summed E-state index contributed by atoms with van der Waals surface area (Å²) in [6, 6.07) is 11.3. The molecule has 0 aliphatic carbocycles. The largest absolute Gasteiger partial charge is 0.451 e. The molecule has 0 saturated heterocycles. The lowest BCUT2D eigenvalue weighted by atomic mass is 9.79. The van der Waals surface area contributed by atoms with Gasteiger partial charge in [-0.1, -0.05) is 18.5 Å². The molecule has 2 heterocycles. The van der Waals surface area contributed by atoms with Crippen LogP contribution in [0.15, 0.2) is 45.9 Å².